The highest BCUT2D eigenvalue weighted by Gasteiger charge is 2.18. The van der Waals surface area contributed by atoms with Gasteiger partial charge in [-0.1, -0.05) is 6.07 Å². The SMILES string of the molecule is OC1CCCc2cc(OCc3cn4ccsc4n3)ccc21. The molecule has 21 heavy (non-hydrogen) atoms. The second kappa shape index (κ2) is 5.16. The zero-order chi connectivity index (χ0) is 14.2. The third-order valence-corrected chi connectivity index (χ3v) is 4.70. The van der Waals surface area contributed by atoms with Crippen LogP contribution in [0.25, 0.3) is 4.96 Å². The maximum absolute atomic E-state index is 9.96. The molecule has 1 aliphatic carbocycles. The van der Waals surface area contributed by atoms with Gasteiger partial charge in [0.2, 0.25) is 0 Å². The van der Waals surface area contributed by atoms with Crippen LogP contribution < -0.4 is 4.74 Å². The lowest BCUT2D eigenvalue weighted by Crippen LogP contribution is -2.09. The van der Waals surface area contributed by atoms with Gasteiger partial charge in [0.1, 0.15) is 12.4 Å². The summed E-state index contributed by atoms with van der Waals surface area (Å²) >= 11 is 1.62. The molecule has 0 saturated carbocycles. The molecule has 108 valence electrons. The Hall–Kier alpha value is -1.85. The number of fused-ring (bicyclic) bond motifs is 2. The summed E-state index contributed by atoms with van der Waals surface area (Å²) in [6.07, 6.45) is 6.59. The predicted molar refractivity (Wildman–Crippen MR) is 81.7 cm³/mol. The molecule has 5 heteroatoms. The van der Waals surface area contributed by atoms with Crippen molar-refractivity contribution in [2.24, 2.45) is 0 Å². The van der Waals surface area contributed by atoms with Gasteiger partial charge < -0.3 is 9.84 Å². The van der Waals surface area contributed by atoms with Gasteiger partial charge in [0.05, 0.1) is 11.8 Å². The summed E-state index contributed by atoms with van der Waals surface area (Å²) in [5.74, 6) is 0.846. The summed E-state index contributed by atoms with van der Waals surface area (Å²) in [7, 11) is 0. The first kappa shape index (κ1) is 12.9. The molecule has 0 amide bonds. The van der Waals surface area contributed by atoms with Gasteiger partial charge in [0.15, 0.2) is 4.96 Å². The molecule has 2 heterocycles. The molecule has 1 unspecified atom stereocenters. The average molecular weight is 300 g/mol. The number of aromatic nitrogens is 2. The Labute approximate surface area is 126 Å². The minimum absolute atomic E-state index is 0.317. The predicted octanol–water partition coefficient (Wildman–Crippen LogP) is 3.34. The maximum atomic E-state index is 9.96. The quantitative estimate of drug-likeness (QED) is 0.807. The maximum Gasteiger partial charge on any atom is 0.193 e. The van der Waals surface area contributed by atoms with Crippen molar-refractivity contribution in [1.29, 1.82) is 0 Å². The van der Waals surface area contributed by atoms with Crippen LogP contribution in [-0.4, -0.2) is 14.5 Å². The minimum atomic E-state index is -0.317. The van der Waals surface area contributed by atoms with Crippen molar-refractivity contribution in [2.45, 2.75) is 32.0 Å². The molecule has 0 saturated heterocycles. The van der Waals surface area contributed by atoms with E-state index in [9.17, 15) is 5.11 Å². The van der Waals surface area contributed by atoms with Gasteiger partial charge in [-0.05, 0) is 42.5 Å². The van der Waals surface area contributed by atoms with E-state index in [0.717, 1.165) is 41.2 Å². The molecular formula is C16H16N2O2S. The van der Waals surface area contributed by atoms with Gasteiger partial charge in [0.25, 0.3) is 0 Å². The van der Waals surface area contributed by atoms with E-state index in [1.807, 2.05) is 34.3 Å². The number of hydrogen-bond acceptors (Lipinski definition) is 4. The topological polar surface area (TPSA) is 46.8 Å². The van der Waals surface area contributed by atoms with Crippen LogP contribution >= 0.6 is 11.3 Å². The van der Waals surface area contributed by atoms with Crippen molar-refractivity contribution in [3.05, 3.63) is 52.8 Å². The minimum Gasteiger partial charge on any atom is -0.487 e. The highest BCUT2D eigenvalue weighted by molar-refractivity contribution is 7.15. The van der Waals surface area contributed by atoms with Crippen molar-refractivity contribution in [3.8, 4) is 5.75 Å². The Balaban J connectivity index is 1.50. The van der Waals surface area contributed by atoms with Crippen LogP contribution in [0.1, 0.15) is 35.8 Å². The van der Waals surface area contributed by atoms with Crippen molar-refractivity contribution < 1.29 is 9.84 Å². The number of ether oxygens (including phenoxy) is 1. The normalized spacial score (nSPS) is 17.9. The van der Waals surface area contributed by atoms with E-state index in [1.165, 1.54) is 5.56 Å². The number of hydrogen-bond donors (Lipinski definition) is 1. The van der Waals surface area contributed by atoms with Gasteiger partial charge >= 0.3 is 0 Å². The summed E-state index contributed by atoms with van der Waals surface area (Å²) in [4.78, 5) is 5.49. The first-order valence-electron chi connectivity index (χ1n) is 7.14. The summed E-state index contributed by atoms with van der Waals surface area (Å²) < 4.78 is 7.85. The molecule has 4 rings (SSSR count). The van der Waals surface area contributed by atoms with Gasteiger partial charge in [-0.15, -0.1) is 11.3 Å². The number of aryl methyl sites for hydroxylation is 1. The van der Waals surface area contributed by atoms with Crippen molar-refractivity contribution in [3.63, 3.8) is 0 Å². The molecule has 1 aliphatic rings. The van der Waals surface area contributed by atoms with E-state index in [-0.39, 0.29) is 6.10 Å². The summed E-state index contributed by atoms with van der Waals surface area (Å²) in [5, 5.41) is 12.0. The molecule has 1 N–H and O–H groups in total. The van der Waals surface area contributed by atoms with Gasteiger partial charge in [0, 0.05) is 17.8 Å². The molecule has 0 radical (unpaired) electrons. The Morgan fingerprint density at radius 2 is 2.38 bits per heavy atom. The van der Waals surface area contributed by atoms with Crippen molar-refractivity contribution >= 4 is 16.3 Å². The zero-order valence-electron chi connectivity index (χ0n) is 11.5. The van der Waals surface area contributed by atoms with Gasteiger partial charge in [-0.25, -0.2) is 4.98 Å². The van der Waals surface area contributed by atoms with Crippen molar-refractivity contribution in [2.75, 3.05) is 0 Å². The molecule has 1 aromatic carbocycles. The molecule has 0 spiro atoms. The van der Waals surface area contributed by atoms with Crippen LogP contribution in [-0.2, 0) is 13.0 Å². The largest absolute Gasteiger partial charge is 0.487 e. The molecule has 2 aromatic heterocycles. The standard InChI is InChI=1S/C16H16N2O2S/c19-15-3-1-2-11-8-13(4-5-14(11)15)20-10-12-9-18-6-7-21-16(18)17-12/h4-9,15,19H,1-3,10H2. The highest BCUT2D eigenvalue weighted by Crippen LogP contribution is 2.32. The average Bonchev–Trinajstić information content (AvgIpc) is 3.06. The van der Waals surface area contributed by atoms with Crippen LogP contribution in [0, 0.1) is 0 Å². The Kier molecular flexibility index (Phi) is 3.16. The van der Waals surface area contributed by atoms with E-state index in [0.29, 0.717) is 6.61 Å². The number of benzene rings is 1. The fourth-order valence-electron chi connectivity index (χ4n) is 2.86. The van der Waals surface area contributed by atoms with Crippen LogP contribution in [0.2, 0.25) is 0 Å². The highest BCUT2D eigenvalue weighted by atomic mass is 32.1. The monoisotopic (exact) mass is 300 g/mol. The summed E-state index contributed by atoms with van der Waals surface area (Å²) in [6, 6.07) is 5.97. The van der Waals surface area contributed by atoms with Gasteiger partial charge in [-0.3, -0.25) is 4.40 Å². The molecule has 4 nitrogen and oxygen atoms in total. The molecule has 0 fully saturated rings. The van der Waals surface area contributed by atoms with Crippen LogP contribution in [0.4, 0.5) is 0 Å². The number of nitrogens with zero attached hydrogens (tertiary/aromatic N) is 2. The van der Waals surface area contributed by atoms with Crippen LogP contribution in [0.15, 0.2) is 36.0 Å². The number of aliphatic hydroxyl groups excluding tert-OH is 1. The lowest BCUT2D eigenvalue weighted by Gasteiger charge is -2.21. The number of rotatable bonds is 3. The molecule has 3 aromatic rings. The first-order chi connectivity index (χ1) is 10.3. The first-order valence-corrected chi connectivity index (χ1v) is 8.02. The van der Waals surface area contributed by atoms with Gasteiger partial charge in [-0.2, -0.15) is 0 Å². The van der Waals surface area contributed by atoms with Crippen molar-refractivity contribution in [1.82, 2.24) is 9.38 Å². The van der Waals surface area contributed by atoms with E-state index in [4.69, 9.17) is 4.74 Å². The van der Waals surface area contributed by atoms with Crippen LogP contribution in [0.3, 0.4) is 0 Å². The third kappa shape index (κ3) is 2.43. The van der Waals surface area contributed by atoms with E-state index in [2.05, 4.69) is 11.1 Å². The second-order valence-electron chi connectivity index (χ2n) is 5.38. The van der Waals surface area contributed by atoms with Crippen LogP contribution in [0.5, 0.6) is 5.75 Å². The van der Waals surface area contributed by atoms with E-state index in [1.54, 1.807) is 11.3 Å². The Morgan fingerprint density at radius 3 is 3.29 bits per heavy atom. The third-order valence-electron chi connectivity index (χ3n) is 3.93. The number of thiazole rings is 1. The summed E-state index contributed by atoms with van der Waals surface area (Å²) in [5.41, 5.74) is 3.19. The lowest BCUT2D eigenvalue weighted by atomic mass is 9.89. The fraction of sp³-hybridized carbons (Fsp3) is 0.312. The molecule has 0 bridgehead atoms. The Morgan fingerprint density at radius 1 is 1.43 bits per heavy atom. The van der Waals surface area contributed by atoms with E-state index < -0.39 is 0 Å². The second-order valence-corrected chi connectivity index (χ2v) is 6.26. The molecule has 1 atom stereocenters. The molecular weight excluding hydrogens is 284 g/mol. The summed E-state index contributed by atoms with van der Waals surface area (Å²) in [6.45, 7) is 0.468. The molecule has 0 aliphatic heterocycles. The smallest absolute Gasteiger partial charge is 0.193 e. The Bertz CT molecular complexity index is 749. The number of aliphatic hydroxyl groups is 1. The number of imidazole rings is 1. The lowest BCUT2D eigenvalue weighted by molar-refractivity contribution is 0.156. The zero-order valence-corrected chi connectivity index (χ0v) is 12.3. The fourth-order valence-corrected chi connectivity index (χ4v) is 3.58. The van der Waals surface area contributed by atoms with E-state index >= 15 is 0 Å².